The predicted molar refractivity (Wildman–Crippen MR) is 82.6 cm³/mol. The zero-order chi connectivity index (χ0) is 14.5. The first-order valence-corrected chi connectivity index (χ1v) is 7.18. The van der Waals surface area contributed by atoms with Crippen molar-refractivity contribution in [3.05, 3.63) is 70.5 Å². The monoisotopic (exact) mass is 291 g/mol. The van der Waals surface area contributed by atoms with Crippen molar-refractivity contribution in [3.63, 3.8) is 0 Å². The molecule has 0 bridgehead atoms. The standard InChI is InChI=1S/C17H19ClFN/c1-12(9-14-5-3-8-17(19)10-14)20-13(2)15-6-4-7-16(18)11-15/h3-8,10-13,20H,9H2,1-2H3/t12?,13-/m0/s1. The quantitative estimate of drug-likeness (QED) is 0.837. The lowest BCUT2D eigenvalue weighted by Gasteiger charge is -2.20. The van der Waals surface area contributed by atoms with Gasteiger partial charge in [0.2, 0.25) is 0 Å². The van der Waals surface area contributed by atoms with Crippen molar-refractivity contribution in [2.75, 3.05) is 0 Å². The van der Waals surface area contributed by atoms with Gasteiger partial charge in [-0.2, -0.15) is 0 Å². The van der Waals surface area contributed by atoms with Gasteiger partial charge in [-0.3, -0.25) is 0 Å². The van der Waals surface area contributed by atoms with Crippen LogP contribution in [-0.4, -0.2) is 6.04 Å². The lowest BCUT2D eigenvalue weighted by atomic mass is 10.0. The summed E-state index contributed by atoms with van der Waals surface area (Å²) >= 11 is 6.00. The van der Waals surface area contributed by atoms with Gasteiger partial charge in [0, 0.05) is 17.1 Å². The van der Waals surface area contributed by atoms with E-state index in [2.05, 4.69) is 25.2 Å². The molecule has 2 aromatic carbocycles. The fraction of sp³-hybridized carbons (Fsp3) is 0.294. The van der Waals surface area contributed by atoms with Gasteiger partial charge in [-0.1, -0.05) is 35.9 Å². The summed E-state index contributed by atoms with van der Waals surface area (Å²) in [5, 5.41) is 4.25. The van der Waals surface area contributed by atoms with Crippen LogP contribution in [0.1, 0.15) is 31.0 Å². The van der Waals surface area contributed by atoms with Crippen LogP contribution in [0.4, 0.5) is 4.39 Å². The Balaban J connectivity index is 1.95. The molecule has 0 aliphatic rings. The van der Waals surface area contributed by atoms with Gasteiger partial charge in [-0.25, -0.2) is 4.39 Å². The number of rotatable bonds is 5. The van der Waals surface area contributed by atoms with E-state index < -0.39 is 0 Å². The van der Waals surface area contributed by atoms with Gasteiger partial charge in [-0.05, 0) is 55.7 Å². The molecule has 0 spiro atoms. The molecule has 0 radical (unpaired) electrons. The molecule has 1 nitrogen and oxygen atoms in total. The second-order valence-corrected chi connectivity index (χ2v) is 5.61. The smallest absolute Gasteiger partial charge is 0.123 e. The first-order valence-electron chi connectivity index (χ1n) is 6.80. The van der Waals surface area contributed by atoms with Crippen LogP contribution in [0.2, 0.25) is 5.02 Å². The van der Waals surface area contributed by atoms with E-state index in [1.54, 1.807) is 12.1 Å². The van der Waals surface area contributed by atoms with Gasteiger partial charge >= 0.3 is 0 Å². The molecule has 0 amide bonds. The van der Waals surface area contributed by atoms with Crippen LogP contribution in [0.5, 0.6) is 0 Å². The van der Waals surface area contributed by atoms with Gasteiger partial charge in [0.15, 0.2) is 0 Å². The third-order valence-electron chi connectivity index (χ3n) is 3.31. The van der Waals surface area contributed by atoms with Crippen LogP contribution < -0.4 is 5.32 Å². The first kappa shape index (κ1) is 15.0. The molecule has 0 aromatic heterocycles. The number of nitrogens with one attached hydrogen (secondary N) is 1. The average Bonchev–Trinajstić information content (AvgIpc) is 2.38. The molecule has 0 saturated carbocycles. The van der Waals surface area contributed by atoms with Crippen molar-refractivity contribution < 1.29 is 4.39 Å². The molecule has 106 valence electrons. The molecule has 0 aliphatic heterocycles. The van der Waals surface area contributed by atoms with E-state index in [0.717, 1.165) is 22.6 Å². The Bertz CT molecular complexity index is 570. The van der Waals surface area contributed by atoms with Crippen LogP contribution in [0.15, 0.2) is 48.5 Å². The lowest BCUT2D eigenvalue weighted by Crippen LogP contribution is -2.30. The Morgan fingerprint density at radius 1 is 1.10 bits per heavy atom. The Morgan fingerprint density at radius 2 is 1.85 bits per heavy atom. The first-order chi connectivity index (χ1) is 9.54. The van der Waals surface area contributed by atoms with Crippen molar-refractivity contribution >= 4 is 11.6 Å². The molecular weight excluding hydrogens is 273 g/mol. The van der Waals surface area contributed by atoms with Gasteiger partial charge < -0.3 is 5.32 Å². The van der Waals surface area contributed by atoms with E-state index in [0.29, 0.717) is 0 Å². The van der Waals surface area contributed by atoms with Gasteiger partial charge in [-0.15, -0.1) is 0 Å². The lowest BCUT2D eigenvalue weighted by molar-refractivity contribution is 0.476. The van der Waals surface area contributed by atoms with Crippen LogP contribution in [0.3, 0.4) is 0 Å². The van der Waals surface area contributed by atoms with Crippen LogP contribution >= 0.6 is 11.6 Å². The van der Waals surface area contributed by atoms with Crippen LogP contribution in [-0.2, 0) is 6.42 Å². The van der Waals surface area contributed by atoms with E-state index in [4.69, 9.17) is 11.6 Å². The maximum Gasteiger partial charge on any atom is 0.123 e. The highest BCUT2D eigenvalue weighted by Crippen LogP contribution is 2.18. The highest BCUT2D eigenvalue weighted by molar-refractivity contribution is 6.30. The van der Waals surface area contributed by atoms with Crippen molar-refractivity contribution in [3.8, 4) is 0 Å². The fourth-order valence-corrected chi connectivity index (χ4v) is 2.57. The molecule has 1 N–H and O–H groups in total. The summed E-state index contributed by atoms with van der Waals surface area (Å²) in [6.07, 6.45) is 0.794. The van der Waals surface area contributed by atoms with Crippen LogP contribution in [0, 0.1) is 5.82 Å². The van der Waals surface area contributed by atoms with Crippen molar-refractivity contribution in [1.82, 2.24) is 5.32 Å². The fourth-order valence-electron chi connectivity index (χ4n) is 2.38. The molecule has 0 saturated heterocycles. The minimum atomic E-state index is -0.183. The van der Waals surface area contributed by atoms with Crippen molar-refractivity contribution in [2.24, 2.45) is 0 Å². The number of hydrogen-bond donors (Lipinski definition) is 1. The number of halogens is 2. The largest absolute Gasteiger partial charge is 0.307 e. The highest BCUT2D eigenvalue weighted by Gasteiger charge is 2.10. The van der Waals surface area contributed by atoms with E-state index >= 15 is 0 Å². The Morgan fingerprint density at radius 3 is 2.55 bits per heavy atom. The summed E-state index contributed by atoms with van der Waals surface area (Å²) < 4.78 is 13.2. The number of benzene rings is 2. The molecule has 1 unspecified atom stereocenters. The molecule has 20 heavy (non-hydrogen) atoms. The molecule has 3 heteroatoms. The van der Waals surface area contributed by atoms with Gasteiger partial charge in [0.25, 0.3) is 0 Å². The van der Waals surface area contributed by atoms with Gasteiger partial charge in [0.05, 0.1) is 0 Å². The van der Waals surface area contributed by atoms with E-state index in [1.165, 1.54) is 6.07 Å². The maximum absolute atomic E-state index is 13.2. The predicted octanol–water partition coefficient (Wildman–Crippen LogP) is 4.76. The number of hydrogen-bond acceptors (Lipinski definition) is 1. The van der Waals surface area contributed by atoms with E-state index in [-0.39, 0.29) is 17.9 Å². The SMILES string of the molecule is CC(Cc1cccc(F)c1)N[C@@H](C)c1cccc(Cl)c1. The van der Waals surface area contributed by atoms with Crippen molar-refractivity contribution in [2.45, 2.75) is 32.4 Å². The second kappa shape index (κ2) is 6.87. The summed E-state index contributed by atoms with van der Waals surface area (Å²) in [5.41, 5.74) is 2.16. The molecule has 2 aromatic rings. The summed E-state index contributed by atoms with van der Waals surface area (Å²) in [6, 6.07) is 15.1. The third kappa shape index (κ3) is 4.32. The average molecular weight is 292 g/mol. The van der Waals surface area contributed by atoms with E-state index in [9.17, 15) is 4.39 Å². The molecule has 0 aliphatic carbocycles. The Labute approximate surface area is 124 Å². The maximum atomic E-state index is 13.2. The molecule has 2 atom stereocenters. The molecule has 0 heterocycles. The normalized spacial score (nSPS) is 14.0. The van der Waals surface area contributed by atoms with Crippen molar-refractivity contribution in [1.29, 1.82) is 0 Å². The molecular formula is C17H19ClFN. The third-order valence-corrected chi connectivity index (χ3v) is 3.55. The topological polar surface area (TPSA) is 12.0 Å². The highest BCUT2D eigenvalue weighted by atomic mass is 35.5. The van der Waals surface area contributed by atoms with Crippen LogP contribution in [0.25, 0.3) is 0 Å². The summed E-state index contributed by atoms with van der Waals surface area (Å²) in [5.74, 6) is -0.183. The molecule has 0 fully saturated rings. The molecule has 2 rings (SSSR count). The minimum absolute atomic E-state index is 0.183. The van der Waals surface area contributed by atoms with Gasteiger partial charge in [0.1, 0.15) is 5.82 Å². The zero-order valence-corrected chi connectivity index (χ0v) is 12.5. The summed E-state index contributed by atoms with van der Waals surface area (Å²) in [7, 11) is 0. The Kier molecular flexibility index (Phi) is 5.16. The van der Waals surface area contributed by atoms with E-state index in [1.807, 2.05) is 24.3 Å². The summed E-state index contributed by atoms with van der Waals surface area (Å²) in [6.45, 7) is 4.21. The Hall–Kier alpha value is -1.38. The summed E-state index contributed by atoms with van der Waals surface area (Å²) in [4.78, 5) is 0. The minimum Gasteiger partial charge on any atom is -0.307 e. The second-order valence-electron chi connectivity index (χ2n) is 5.18. The zero-order valence-electron chi connectivity index (χ0n) is 11.7.